The molecule has 1 aromatic rings. The van der Waals surface area contributed by atoms with Gasteiger partial charge in [-0.05, 0) is 92.4 Å². The number of carboxylic acid groups (broad SMARTS) is 1. The molecule has 3 aliphatic heterocycles. The van der Waals surface area contributed by atoms with E-state index in [-0.39, 0.29) is 28.3 Å². The van der Waals surface area contributed by atoms with Gasteiger partial charge < -0.3 is 14.9 Å². The number of hydrogen-bond donors (Lipinski definition) is 1. The number of rotatable bonds is 5. The van der Waals surface area contributed by atoms with Crippen LogP contribution in [-0.4, -0.2) is 75.4 Å². The fourth-order valence-electron chi connectivity index (χ4n) is 7.58. The molecule has 1 saturated carbocycles. The molecule has 40 heavy (non-hydrogen) atoms. The maximum atomic E-state index is 14.6. The lowest BCUT2D eigenvalue weighted by atomic mass is 9.69. The lowest BCUT2D eigenvalue weighted by molar-refractivity contribution is -0.134. The molecule has 220 valence electrons. The molecule has 1 aliphatic carbocycles. The molecule has 7 heteroatoms. The van der Waals surface area contributed by atoms with Crippen LogP contribution in [0, 0.1) is 16.7 Å². The van der Waals surface area contributed by atoms with E-state index in [1.54, 1.807) is 12.1 Å². The first-order chi connectivity index (χ1) is 18.8. The molecule has 1 spiro atoms. The summed E-state index contributed by atoms with van der Waals surface area (Å²) in [4.78, 5) is 38.7. The number of piperazine rings is 1. The van der Waals surface area contributed by atoms with Gasteiger partial charge >= 0.3 is 5.97 Å². The number of amides is 1. The van der Waals surface area contributed by atoms with Crippen molar-refractivity contribution in [2.75, 3.05) is 26.2 Å². The van der Waals surface area contributed by atoms with E-state index in [1.165, 1.54) is 19.4 Å². The Hall–Kier alpha value is -2.41. The van der Waals surface area contributed by atoms with Gasteiger partial charge in [0.15, 0.2) is 5.84 Å². The molecule has 1 amide bonds. The summed E-state index contributed by atoms with van der Waals surface area (Å²) < 4.78 is 0. The van der Waals surface area contributed by atoms with Crippen LogP contribution in [-0.2, 0) is 4.79 Å². The Morgan fingerprint density at radius 1 is 1.02 bits per heavy atom. The van der Waals surface area contributed by atoms with Gasteiger partial charge in [0, 0.05) is 25.7 Å². The zero-order chi connectivity index (χ0) is 28.9. The second-order valence-corrected chi connectivity index (χ2v) is 15.1. The number of benzene rings is 1. The summed E-state index contributed by atoms with van der Waals surface area (Å²) in [6.45, 7) is 17.7. The quantitative estimate of drug-likeness (QED) is 0.472. The molecule has 0 radical (unpaired) electrons. The van der Waals surface area contributed by atoms with E-state index < -0.39 is 11.6 Å². The summed E-state index contributed by atoms with van der Waals surface area (Å²) in [5.41, 5.74) is 1.10. The Bertz CT molecular complexity index is 1120. The van der Waals surface area contributed by atoms with E-state index in [0.717, 1.165) is 63.7 Å². The van der Waals surface area contributed by atoms with E-state index in [0.29, 0.717) is 17.8 Å². The van der Waals surface area contributed by atoms with Gasteiger partial charge in [-0.3, -0.25) is 9.69 Å². The SMILES string of the molecule is CC(C)(C)CC[C@H](c1ccc(C(=O)O)cc1)N1C(=O)C(N2CCN3CCC[C@H]3C2)=NC12CCC(C(C)(C)C)CC2. The van der Waals surface area contributed by atoms with E-state index >= 15 is 0 Å². The van der Waals surface area contributed by atoms with Crippen LogP contribution in [0.5, 0.6) is 0 Å². The average Bonchev–Trinajstić information content (AvgIpc) is 3.46. The van der Waals surface area contributed by atoms with Gasteiger partial charge in [0.25, 0.3) is 5.91 Å². The number of hydrogen-bond acceptors (Lipinski definition) is 5. The maximum absolute atomic E-state index is 14.6. The van der Waals surface area contributed by atoms with Gasteiger partial charge in [-0.1, -0.05) is 53.7 Å². The van der Waals surface area contributed by atoms with Crippen LogP contribution in [0.4, 0.5) is 0 Å². The molecule has 0 aromatic heterocycles. The lowest BCUT2D eigenvalue weighted by Gasteiger charge is -2.47. The molecular formula is C33H50N4O3. The van der Waals surface area contributed by atoms with Crippen LogP contribution in [0.15, 0.2) is 29.3 Å². The van der Waals surface area contributed by atoms with Crippen LogP contribution in [0.3, 0.4) is 0 Å². The van der Waals surface area contributed by atoms with Crippen LogP contribution in [0.25, 0.3) is 0 Å². The molecule has 7 nitrogen and oxygen atoms in total. The number of carbonyl (C=O) groups excluding carboxylic acids is 1. The average molecular weight is 551 g/mol. The van der Waals surface area contributed by atoms with Crippen molar-refractivity contribution in [1.82, 2.24) is 14.7 Å². The summed E-state index contributed by atoms with van der Waals surface area (Å²) in [7, 11) is 0. The van der Waals surface area contributed by atoms with Crippen LogP contribution >= 0.6 is 0 Å². The smallest absolute Gasteiger partial charge is 0.335 e. The van der Waals surface area contributed by atoms with E-state index in [4.69, 9.17) is 4.99 Å². The molecule has 1 N–H and O–H groups in total. The van der Waals surface area contributed by atoms with Gasteiger partial charge in [0.1, 0.15) is 5.66 Å². The monoisotopic (exact) mass is 550 g/mol. The Kier molecular flexibility index (Phi) is 7.84. The van der Waals surface area contributed by atoms with E-state index in [2.05, 4.69) is 56.2 Å². The number of carbonyl (C=O) groups is 2. The number of amidine groups is 1. The predicted octanol–water partition coefficient (Wildman–Crippen LogP) is 6.21. The molecule has 1 aromatic carbocycles. The Balaban J connectivity index is 1.52. The van der Waals surface area contributed by atoms with Crippen LogP contribution < -0.4 is 0 Å². The summed E-state index contributed by atoms with van der Waals surface area (Å²) in [6, 6.07) is 7.60. The highest BCUT2D eigenvalue weighted by atomic mass is 16.4. The number of fused-ring (bicyclic) bond motifs is 1. The van der Waals surface area contributed by atoms with Gasteiger partial charge in [0.05, 0.1) is 11.6 Å². The van der Waals surface area contributed by atoms with Crippen LogP contribution in [0.2, 0.25) is 0 Å². The van der Waals surface area contributed by atoms with Crippen molar-refractivity contribution in [3.8, 4) is 0 Å². The molecule has 4 aliphatic rings. The number of aliphatic imine (C=N–C) groups is 1. The van der Waals surface area contributed by atoms with Gasteiger partial charge in [-0.25, -0.2) is 9.79 Å². The largest absolute Gasteiger partial charge is 0.478 e. The minimum atomic E-state index is -0.927. The lowest BCUT2D eigenvalue weighted by Crippen LogP contribution is -2.55. The first-order valence-corrected chi connectivity index (χ1v) is 15.5. The molecule has 2 atom stereocenters. The van der Waals surface area contributed by atoms with Crippen molar-refractivity contribution < 1.29 is 14.7 Å². The van der Waals surface area contributed by atoms with Crippen molar-refractivity contribution in [2.45, 2.75) is 111 Å². The highest BCUT2D eigenvalue weighted by molar-refractivity contribution is 6.39. The zero-order valence-electron chi connectivity index (χ0n) is 25.6. The van der Waals surface area contributed by atoms with Crippen molar-refractivity contribution >= 4 is 17.7 Å². The highest BCUT2D eigenvalue weighted by Gasteiger charge is 2.54. The molecule has 3 fully saturated rings. The molecular weight excluding hydrogens is 500 g/mol. The standard InChI is InChI=1S/C33H50N4O3/c1-31(2,3)16-15-27(23-9-11-24(12-10-23)30(39)40)37-29(38)28(36-21-20-35-19-7-8-26(35)22-36)34-33(37)17-13-25(14-18-33)32(4,5)6/h9-12,25-27H,7-8,13-22H2,1-6H3,(H,39,40)/t25?,26-,27+,33?/m0/s1. The van der Waals surface area contributed by atoms with Crippen LogP contribution in [0.1, 0.15) is 115 Å². The molecule has 3 heterocycles. The van der Waals surface area contributed by atoms with Crippen molar-refractivity contribution in [3.63, 3.8) is 0 Å². The fourth-order valence-corrected chi connectivity index (χ4v) is 7.58. The summed E-state index contributed by atoms with van der Waals surface area (Å²) in [5.74, 6) is 0.425. The van der Waals surface area contributed by atoms with E-state index in [1.807, 2.05) is 12.1 Å². The van der Waals surface area contributed by atoms with Crippen molar-refractivity contribution in [1.29, 1.82) is 0 Å². The minimum absolute atomic E-state index is 0.0712. The maximum Gasteiger partial charge on any atom is 0.335 e. The van der Waals surface area contributed by atoms with Gasteiger partial charge in [0.2, 0.25) is 0 Å². The van der Waals surface area contributed by atoms with E-state index in [9.17, 15) is 14.7 Å². The summed E-state index contributed by atoms with van der Waals surface area (Å²) >= 11 is 0. The molecule has 2 saturated heterocycles. The minimum Gasteiger partial charge on any atom is -0.478 e. The Morgan fingerprint density at radius 3 is 2.30 bits per heavy atom. The Labute approximate surface area is 241 Å². The van der Waals surface area contributed by atoms with Gasteiger partial charge in [-0.2, -0.15) is 0 Å². The number of aromatic carboxylic acids is 1. The topological polar surface area (TPSA) is 76.5 Å². The summed E-state index contributed by atoms with van der Waals surface area (Å²) in [5, 5.41) is 9.52. The third-order valence-electron chi connectivity index (χ3n) is 10.1. The van der Waals surface area contributed by atoms with Crippen molar-refractivity contribution in [3.05, 3.63) is 35.4 Å². The van der Waals surface area contributed by atoms with Crippen molar-refractivity contribution in [2.24, 2.45) is 21.7 Å². The third kappa shape index (κ3) is 5.81. The highest BCUT2D eigenvalue weighted by Crippen LogP contribution is 2.50. The molecule has 0 unspecified atom stereocenters. The Morgan fingerprint density at radius 2 is 1.70 bits per heavy atom. The summed E-state index contributed by atoms with van der Waals surface area (Å²) in [6.07, 6.45) is 8.10. The first kappa shape index (κ1) is 29.1. The predicted molar refractivity (Wildman–Crippen MR) is 159 cm³/mol. The first-order valence-electron chi connectivity index (χ1n) is 15.5. The normalized spacial score (nSPS) is 28.6. The third-order valence-corrected chi connectivity index (χ3v) is 10.1. The second-order valence-electron chi connectivity index (χ2n) is 15.1. The van der Waals surface area contributed by atoms with Gasteiger partial charge in [-0.15, -0.1) is 0 Å². The second kappa shape index (κ2) is 10.8. The number of carboxylic acids is 1. The fraction of sp³-hybridized carbons (Fsp3) is 0.727. The number of nitrogens with zero attached hydrogens (tertiary/aromatic N) is 4. The molecule has 0 bridgehead atoms. The molecule has 5 rings (SSSR count). The zero-order valence-corrected chi connectivity index (χ0v) is 25.6.